The highest BCUT2D eigenvalue weighted by Gasteiger charge is 2.13. The van der Waals surface area contributed by atoms with Crippen LogP contribution in [0, 0.1) is 0 Å². The fourth-order valence-electron chi connectivity index (χ4n) is 3.38. The Morgan fingerprint density at radius 2 is 1.91 bits per heavy atom. The smallest absolute Gasteiger partial charge is 0.293 e. The second-order valence-corrected chi connectivity index (χ2v) is 8.07. The number of ether oxygens (including phenoxy) is 2. The molecule has 9 heteroatoms. The second kappa shape index (κ2) is 12.3. The predicted molar refractivity (Wildman–Crippen MR) is 131 cm³/mol. The quantitative estimate of drug-likeness (QED) is 0.380. The summed E-state index contributed by atoms with van der Waals surface area (Å²) in [6.45, 7) is 9.33. The van der Waals surface area contributed by atoms with Gasteiger partial charge >= 0.3 is 0 Å². The number of nitrogens with one attached hydrogen (secondary N) is 2. The summed E-state index contributed by atoms with van der Waals surface area (Å²) >= 11 is 0. The van der Waals surface area contributed by atoms with Gasteiger partial charge in [-0.3, -0.25) is 9.36 Å². The number of rotatable bonds is 13. The Morgan fingerprint density at radius 1 is 1.09 bits per heavy atom. The molecule has 0 aliphatic carbocycles. The number of pyridine rings is 2. The van der Waals surface area contributed by atoms with Crippen molar-refractivity contribution in [1.82, 2.24) is 24.8 Å². The number of fused-ring (bicyclic) bond motifs is 1. The minimum atomic E-state index is -0.175. The van der Waals surface area contributed by atoms with Crippen LogP contribution in [0.5, 0.6) is 5.88 Å². The molecule has 3 heterocycles. The van der Waals surface area contributed by atoms with E-state index >= 15 is 0 Å². The Balaban J connectivity index is 1.90. The van der Waals surface area contributed by atoms with Gasteiger partial charge in [0, 0.05) is 55.3 Å². The molecule has 0 saturated carbocycles. The number of methoxy groups -OCH3 is 1. The molecule has 3 rings (SSSR count). The molecule has 0 spiro atoms. The zero-order valence-electron chi connectivity index (χ0n) is 19.9. The fraction of sp³-hybridized carbons (Fsp3) is 0.500. The maximum absolute atomic E-state index is 13.3. The van der Waals surface area contributed by atoms with E-state index in [1.54, 1.807) is 30.1 Å². The van der Waals surface area contributed by atoms with E-state index in [0.717, 1.165) is 30.5 Å². The lowest BCUT2D eigenvalue weighted by Gasteiger charge is -2.14. The van der Waals surface area contributed by atoms with Crippen molar-refractivity contribution in [2.24, 2.45) is 0 Å². The average Bonchev–Trinajstić information content (AvgIpc) is 2.82. The molecule has 0 aromatic carbocycles. The SMILES string of the molecule is CCCOCCn1c(=O)c(NCCCNC(C)C)nc2ncc(-c3ccc(OC)nc3)cc21. The molecule has 0 bridgehead atoms. The average molecular weight is 455 g/mol. The highest BCUT2D eigenvalue weighted by atomic mass is 16.5. The molecule has 0 amide bonds. The van der Waals surface area contributed by atoms with Gasteiger partial charge in [-0.25, -0.2) is 15.0 Å². The van der Waals surface area contributed by atoms with Crippen molar-refractivity contribution < 1.29 is 9.47 Å². The van der Waals surface area contributed by atoms with Gasteiger partial charge < -0.3 is 20.1 Å². The molecule has 3 aromatic rings. The van der Waals surface area contributed by atoms with Gasteiger partial charge in [-0.2, -0.15) is 0 Å². The summed E-state index contributed by atoms with van der Waals surface area (Å²) in [4.78, 5) is 26.6. The lowest BCUT2D eigenvalue weighted by molar-refractivity contribution is 0.127. The summed E-state index contributed by atoms with van der Waals surface area (Å²) in [5, 5.41) is 6.56. The van der Waals surface area contributed by atoms with Crippen molar-refractivity contribution in [3.05, 3.63) is 40.9 Å². The molecule has 0 radical (unpaired) electrons. The third-order valence-corrected chi connectivity index (χ3v) is 5.09. The summed E-state index contributed by atoms with van der Waals surface area (Å²) in [6.07, 6.45) is 5.29. The van der Waals surface area contributed by atoms with Crippen LogP contribution in [0.2, 0.25) is 0 Å². The van der Waals surface area contributed by atoms with Gasteiger partial charge in [-0.05, 0) is 31.5 Å². The van der Waals surface area contributed by atoms with Crippen molar-refractivity contribution in [2.75, 3.05) is 38.7 Å². The summed E-state index contributed by atoms with van der Waals surface area (Å²) in [5.74, 6) is 0.854. The van der Waals surface area contributed by atoms with Gasteiger partial charge in [-0.1, -0.05) is 20.8 Å². The van der Waals surface area contributed by atoms with Crippen LogP contribution in [0.1, 0.15) is 33.6 Å². The summed E-state index contributed by atoms with van der Waals surface area (Å²) in [5.41, 5.74) is 2.73. The van der Waals surface area contributed by atoms with E-state index < -0.39 is 0 Å². The van der Waals surface area contributed by atoms with Gasteiger partial charge in [0.2, 0.25) is 5.88 Å². The first-order valence-electron chi connectivity index (χ1n) is 11.5. The standard InChI is InChI=1S/C24H34N6O3/c1-5-12-33-13-11-30-20-14-19(18-7-8-21(32-4)27-15-18)16-28-22(20)29-23(24(30)31)26-10-6-9-25-17(2)3/h7-8,14-17,25H,5-6,9-13H2,1-4H3,(H,26,28,29). The monoisotopic (exact) mass is 454 g/mol. The minimum Gasteiger partial charge on any atom is -0.481 e. The number of aromatic nitrogens is 4. The van der Waals surface area contributed by atoms with E-state index in [9.17, 15) is 4.79 Å². The molecular weight excluding hydrogens is 420 g/mol. The van der Waals surface area contributed by atoms with Crippen LogP contribution >= 0.6 is 0 Å². The van der Waals surface area contributed by atoms with Crippen LogP contribution in [-0.4, -0.2) is 59.0 Å². The topological polar surface area (TPSA) is 103 Å². The molecule has 9 nitrogen and oxygen atoms in total. The van der Waals surface area contributed by atoms with Gasteiger partial charge in [0.15, 0.2) is 11.5 Å². The molecule has 3 aromatic heterocycles. The Morgan fingerprint density at radius 3 is 2.61 bits per heavy atom. The first-order valence-corrected chi connectivity index (χ1v) is 11.5. The number of hydrogen-bond acceptors (Lipinski definition) is 8. The van der Waals surface area contributed by atoms with Crippen LogP contribution < -0.4 is 20.9 Å². The molecule has 0 atom stereocenters. The van der Waals surface area contributed by atoms with Gasteiger partial charge in [0.1, 0.15) is 0 Å². The van der Waals surface area contributed by atoms with E-state index in [2.05, 4.69) is 46.4 Å². The van der Waals surface area contributed by atoms with Crippen LogP contribution in [-0.2, 0) is 11.3 Å². The molecule has 2 N–H and O–H groups in total. The molecule has 0 fully saturated rings. The first-order chi connectivity index (χ1) is 16.0. The fourth-order valence-corrected chi connectivity index (χ4v) is 3.38. The molecule has 0 saturated heterocycles. The van der Waals surface area contributed by atoms with Gasteiger partial charge in [0.05, 0.1) is 19.2 Å². The molecule has 0 aliphatic heterocycles. The van der Waals surface area contributed by atoms with E-state index in [-0.39, 0.29) is 5.56 Å². The third-order valence-electron chi connectivity index (χ3n) is 5.09. The van der Waals surface area contributed by atoms with Gasteiger partial charge in [0.25, 0.3) is 5.56 Å². The molecule has 33 heavy (non-hydrogen) atoms. The third kappa shape index (κ3) is 6.72. The van der Waals surface area contributed by atoms with E-state index in [0.29, 0.717) is 55.2 Å². The van der Waals surface area contributed by atoms with Crippen LogP contribution in [0.3, 0.4) is 0 Å². The Bertz CT molecular complexity index is 1080. The number of hydrogen-bond donors (Lipinski definition) is 2. The highest BCUT2D eigenvalue weighted by molar-refractivity contribution is 5.78. The van der Waals surface area contributed by atoms with Crippen LogP contribution in [0.15, 0.2) is 35.4 Å². The van der Waals surface area contributed by atoms with E-state index in [4.69, 9.17) is 9.47 Å². The maximum atomic E-state index is 13.3. The number of nitrogens with zero attached hydrogens (tertiary/aromatic N) is 4. The predicted octanol–water partition coefficient (Wildman–Crippen LogP) is 3.09. The maximum Gasteiger partial charge on any atom is 0.293 e. The Kier molecular flexibility index (Phi) is 9.14. The van der Waals surface area contributed by atoms with Gasteiger partial charge in [-0.15, -0.1) is 0 Å². The highest BCUT2D eigenvalue weighted by Crippen LogP contribution is 2.23. The van der Waals surface area contributed by atoms with Crippen molar-refractivity contribution in [3.8, 4) is 17.0 Å². The summed E-state index contributed by atoms with van der Waals surface area (Å²) in [7, 11) is 1.58. The Labute approximate surface area is 194 Å². The summed E-state index contributed by atoms with van der Waals surface area (Å²) in [6, 6.07) is 6.07. The largest absolute Gasteiger partial charge is 0.481 e. The van der Waals surface area contributed by atoms with E-state index in [1.165, 1.54) is 0 Å². The zero-order valence-corrected chi connectivity index (χ0v) is 19.9. The normalized spacial score (nSPS) is 11.3. The molecule has 0 aliphatic rings. The molecule has 0 unspecified atom stereocenters. The molecular formula is C24H34N6O3. The lowest BCUT2D eigenvalue weighted by Crippen LogP contribution is -2.29. The minimum absolute atomic E-state index is 0.175. The van der Waals surface area contributed by atoms with E-state index in [1.807, 2.05) is 12.1 Å². The second-order valence-electron chi connectivity index (χ2n) is 8.07. The van der Waals surface area contributed by atoms with Crippen molar-refractivity contribution in [2.45, 2.75) is 46.2 Å². The van der Waals surface area contributed by atoms with Crippen LogP contribution in [0.25, 0.3) is 22.3 Å². The van der Waals surface area contributed by atoms with Crippen molar-refractivity contribution >= 4 is 17.0 Å². The number of anilines is 1. The van der Waals surface area contributed by atoms with Crippen molar-refractivity contribution in [3.63, 3.8) is 0 Å². The van der Waals surface area contributed by atoms with Crippen LogP contribution in [0.4, 0.5) is 5.82 Å². The summed E-state index contributed by atoms with van der Waals surface area (Å²) < 4.78 is 12.5. The first kappa shape index (κ1) is 24.6. The Hall–Kier alpha value is -3.04. The molecule has 178 valence electrons. The van der Waals surface area contributed by atoms with Crippen molar-refractivity contribution in [1.29, 1.82) is 0 Å². The lowest BCUT2D eigenvalue weighted by atomic mass is 10.1. The zero-order chi connectivity index (χ0) is 23.6.